The second-order valence-electron chi connectivity index (χ2n) is 8.52. The number of phenolic OH excluding ortho intramolecular Hbond substituents is 1. The second kappa shape index (κ2) is 17.2. The van der Waals surface area contributed by atoms with Crippen LogP contribution in [0.1, 0.15) is 84.0 Å². The van der Waals surface area contributed by atoms with Gasteiger partial charge in [0.2, 0.25) is 0 Å². The van der Waals surface area contributed by atoms with Crippen LogP contribution in [0.15, 0.2) is 58.3 Å². The highest BCUT2D eigenvalue weighted by Gasteiger charge is 2.01. The zero-order valence-electron chi connectivity index (χ0n) is 20.1. The van der Waals surface area contributed by atoms with Gasteiger partial charge in [0.25, 0.3) is 0 Å². The summed E-state index contributed by atoms with van der Waals surface area (Å²) in [5, 5.41) is 12.3. The lowest BCUT2D eigenvalue weighted by molar-refractivity contribution is 0.242. The van der Waals surface area contributed by atoms with Crippen molar-refractivity contribution in [3.05, 3.63) is 48.5 Å². The highest BCUT2D eigenvalue weighted by molar-refractivity contribution is 7.99. The Morgan fingerprint density at radius 1 is 0.727 bits per heavy atom. The van der Waals surface area contributed by atoms with Gasteiger partial charge in [0, 0.05) is 16.3 Å². The Hall–Kier alpha value is -2.34. The quantitative estimate of drug-likeness (QED) is 0.140. The van der Waals surface area contributed by atoms with Crippen molar-refractivity contribution in [1.29, 1.82) is 0 Å². The van der Waals surface area contributed by atoms with Crippen molar-refractivity contribution in [2.24, 2.45) is 0 Å². The lowest BCUT2D eigenvalue weighted by atomic mass is 10.1. The number of urea groups is 1. The predicted molar refractivity (Wildman–Crippen MR) is 140 cm³/mol. The number of hydrogen-bond donors (Lipinski definition) is 4. The van der Waals surface area contributed by atoms with Gasteiger partial charge in [-0.2, -0.15) is 0 Å². The number of hydrazine groups is 1. The number of phenols is 1. The van der Waals surface area contributed by atoms with Gasteiger partial charge in [0.15, 0.2) is 0 Å². The Kier molecular flexibility index (Phi) is 14.0. The molecule has 4 N–H and O–H groups in total. The number of unbranched alkanes of at least 4 members (excludes halogenated alkanes) is 11. The van der Waals surface area contributed by atoms with Crippen LogP contribution in [0.2, 0.25) is 0 Å². The van der Waals surface area contributed by atoms with Crippen molar-refractivity contribution in [3.63, 3.8) is 0 Å². The van der Waals surface area contributed by atoms with Gasteiger partial charge in [0.1, 0.15) is 5.75 Å². The van der Waals surface area contributed by atoms with Crippen LogP contribution < -0.4 is 16.2 Å². The molecule has 2 amide bonds. The lowest BCUT2D eigenvalue weighted by Gasteiger charge is -2.10. The van der Waals surface area contributed by atoms with Gasteiger partial charge in [-0.15, -0.1) is 0 Å². The number of aromatic hydroxyl groups is 1. The molecule has 0 spiro atoms. The first-order chi connectivity index (χ1) is 16.2. The molecule has 0 bridgehead atoms. The van der Waals surface area contributed by atoms with Crippen LogP contribution in [-0.4, -0.2) is 17.7 Å². The molecule has 182 valence electrons. The molecule has 0 aliphatic heterocycles. The van der Waals surface area contributed by atoms with Gasteiger partial charge < -0.3 is 10.4 Å². The summed E-state index contributed by atoms with van der Waals surface area (Å²) in [6.45, 7) is 2.97. The zero-order chi connectivity index (χ0) is 23.6. The molecule has 33 heavy (non-hydrogen) atoms. The number of rotatable bonds is 17. The van der Waals surface area contributed by atoms with E-state index in [1.54, 1.807) is 23.9 Å². The van der Waals surface area contributed by atoms with E-state index in [-0.39, 0.29) is 11.8 Å². The molecule has 0 saturated heterocycles. The number of amides is 2. The van der Waals surface area contributed by atoms with E-state index in [9.17, 15) is 9.90 Å². The van der Waals surface area contributed by atoms with Gasteiger partial charge in [0.05, 0.1) is 5.69 Å². The minimum absolute atomic E-state index is 0.208. The van der Waals surface area contributed by atoms with E-state index in [0.717, 1.165) is 21.9 Å². The third-order valence-corrected chi connectivity index (χ3v) is 6.58. The molecule has 0 radical (unpaired) electrons. The zero-order valence-corrected chi connectivity index (χ0v) is 20.9. The van der Waals surface area contributed by atoms with Crippen molar-refractivity contribution in [1.82, 2.24) is 10.7 Å². The fourth-order valence-electron chi connectivity index (χ4n) is 3.60. The van der Waals surface area contributed by atoms with Crippen molar-refractivity contribution >= 4 is 23.5 Å². The average Bonchev–Trinajstić information content (AvgIpc) is 2.83. The average molecular weight is 472 g/mol. The fraction of sp³-hybridized carbons (Fsp3) is 0.519. The second-order valence-corrected chi connectivity index (χ2v) is 9.66. The molecule has 6 heteroatoms. The number of carbonyl (C=O) groups excluding carboxylic acids is 1. The SMILES string of the molecule is CCCCCCCCCCCCCCNC(=O)NNc1ccc(Sc2ccc(O)cc2)cc1. The molecule has 2 rings (SSSR count). The Labute approximate surface area is 204 Å². The van der Waals surface area contributed by atoms with Crippen molar-refractivity contribution < 1.29 is 9.90 Å². The van der Waals surface area contributed by atoms with Crippen molar-refractivity contribution in [3.8, 4) is 5.75 Å². The molecule has 0 aliphatic carbocycles. The summed E-state index contributed by atoms with van der Waals surface area (Å²) in [5.41, 5.74) is 6.44. The minimum atomic E-state index is -0.208. The molecular weight excluding hydrogens is 430 g/mol. The van der Waals surface area contributed by atoms with Crippen LogP contribution in [0.25, 0.3) is 0 Å². The first-order valence-electron chi connectivity index (χ1n) is 12.5. The number of hydrogen-bond acceptors (Lipinski definition) is 4. The summed E-state index contributed by atoms with van der Waals surface area (Å²) in [6, 6.07) is 14.8. The van der Waals surface area contributed by atoms with Gasteiger partial charge in [-0.3, -0.25) is 10.9 Å². The molecule has 0 saturated carbocycles. The Morgan fingerprint density at radius 2 is 1.21 bits per heavy atom. The predicted octanol–water partition coefficient (Wildman–Crippen LogP) is 7.87. The molecule has 0 aliphatic rings. The molecule has 0 atom stereocenters. The van der Waals surface area contributed by atoms with E-state index >= 15 is 0 Å². The Bertz CT molecular complexity index is 766. The molecular formula is C27H41N3O2S. The number of anilines is 1. The number of benzene rings is 2. The lowest BCUT2D eigenvalue weighted by Crippen LogP contribution is -2.39. The third kappa shape index (κ3) is 13.1. The van der Waals surface area contributed by atoms with Crippen molar-refractivity contribution in [2.75, 3.05) is 12.0 Å². The standard InChI is InChI=1S/C27H41N3O2S/c1-2-3-4-5-6-7-8-9-10-11-12-13-22-28-27(32)30-29-23-14-18-25(19-15-23)33-26-20-16-24(31)17-21-26/h14-21,29,31H,2-13,22H2,1H3,(H2,28,30,32). The summed E-state index contributed by atoms with van der Waals surface area (Å²) in [4.78, 5) is 14.1. The Morgan fingerprint density at radius 3 is 1.76 bits per heavy atom. The maximum Gasteiger partial charge on any atom is 0.333 e. The topological polar surface area (TPSA) is 73.4 Å². The summed E-state index contributed by atoms with van der Waals surface area (Å²) in [7, 11) is 0. The molecule has 0 heterocycles. The van der Waals surface area contributed by atoms with E-state index in [1.807, 2.05) is 36.4 Å². The number of nitrogens with one attached hydrogen (secondary N) is 3. The van der Waals surface area contributed by atoms with Gasteiger partial charge >= 0.3 is 6.03 Å². The van der Waals surface area contributed by atoms with Crippen LogP contribution in [-0.2, 0) is 0 Å². The molecule has 5 nitrogen and oxygen atoms in total. The Balaban J connectivity index is 1.45. The minimum Gasteiger partial charge on any atom is -0.508 e. The first-order valence-corrected chi connectivity index (χ1v) is 13.4. The maximum absolute atomic E-state index is 11.9. The molecule has 0 unspecified atom stereocenters. The van der Waals surface area contributed by atoms with Crippen molar-refractivity contribution in [2.45, 2.75) is 93.8 Å². The van der Waals surface area contributed by atoms with Crippen LogP contribution in [0.3, 0.4) is 0 Å². The maximum atomic E-state index is 11.9. The smallest absolute Gasteiger partial charge is 0.333 e. The van der Waals surface area contributed by atoms with E-state index in [2.05, 4.69) is 23.1 Å². The van der Waals surface area contributed by atoms with Crippen LogP contribution >= 0.6 is 11.8 Å². The first kappa shape index (κ1) is 26.9. The summed E-state index contributed by atoms with van der Waals surface area (Å²) in [5.74, 6) is 0.266. The number of carbonyl (C=O) groups is 1. The van der Waals surface area contributed by atoms with E-state index in [0.29, 0.717) is 6.54 Å². The van der Waals surface area contributed by atoms with Gasteiger partial charge in [-0.05, 0) is 55.0 Å². The van der Waals surface area contributed by atoms with Crippen LogP contribution in [0, 0.1) is 0 Å². The monoisotopic (exact) mass is 471 g/mol. The van der Waals surface area contributed by atoms with Gasteiger partial charge in [-0.1, -0.05) is 89.3 Å². The third-order valence-electron chi connectivity index (χ3n) is 5.56. The summed E-state index contributed by atoms with van der Waals surface area (Å²) >= 11 is 1.62. The molecule has 0 fully saturated rings. The highest BCUT2D eigenvalue weighted by Crippen LogP contribution is 2.29. The molecule has 2 aromatic rings. The summed E-state index contributed by atoms with van der Waals surface area (Å²) < 4.78 is 0. The van der Waals surface area contributed by atoms with E-state index < -0.39 is 0 Å². The van der Waals surface area contributed by atoms with Gasteiger partial charge in [-0.25, -0.2) is 4.79 Å². The van der Waals surface area contributed by atoms with Crippen LogP contribution in [0.4, 0.5) is 10.5 Å². The summed E-state index contributed by atoms with van der Waals surface area (Å²) in [6.07, 6.45) is 15.8. The normalized spacial score (nSPS) is 10.7. The van der Waals surface area contributed by atoms with Crippen LogP contribution in [0.5, 0.6) is 5.75 Å². The largest absolute Gasteiger partial charge is 0.508 e. The van der Waals surface area contributed by atoms with E-state index in [1.165, 1.54) is 70.6 Å². The molecule has 2 aromatic carbocycles. The highest BCUT2D eigenvalue weighted by atomic mass is 32.2. The molecule has 0 aromatic heterocycles. The fourth-order valence-corrected chi connectivity index (χ4v) is 4.41. The van der Waals surface area contributed by atoms with E-state index in [4.69, 9.17) is 0 Å².